The molecule has 11 nitrogen and oxygen atoms in total. The summed E-state index contributed by atoms with van der Waals surface area (Å²) in [6.07, 6.45) is 4.01. The molecule has 2 saturated heterocycles. The van der Waals surface area contributed by atoms with Crippen LogP contribution < -0.4 is 5.09 Å². The summed E-state index contributed by atoms with van der Waals surface area (Å²) in [5, 5.41) is 22.1. The van der Waals surface area contributed by atoms with E-state index in [1.807, 2.05) is 6.92 Å². The van der Waals surface area contributed by atoms with Crippen molar-refractivity contribution in [2.45, 2.75) is 156 Å². The fourth-order valence-corrected chi connectivity index (χ4v) is 10.4. The van der Waals surface area contributed by atoms with Gasteiger partial charge in [0.05, 0.1) is 81.9 Å². The van der Waals surface area contributed by atoms with Crippen molar-refractivity contribution in [3.63, 3.8) is 0 Å². The summed E-state index contributed by atoms with van der Waals surface area (Å²) in [5.74, 6) is 0.719. The quantitative estimate of drug-likeness (QED) is 0.0805. The average Bonchev–Trinajstić information content (AvgIpc) is 3.38. The summed E-state index contributed by atoms with van der Waals surface area (Å²) in [7, 11) is -6.71. The Kier molecular flexibility index (Phi) is 17.0. The molecule has 1 N–H and O–H groups in total. The summed E-state index contributed by atoms with van der Waals surface area (Å²) < 4.78 is 47.7. The molecule has 47 heavy (non-hydrogen) atoms. The van der Waals surface area contributed by atoms with Gasteiger partial charge in [-0.05, 0) is 77.8 Å². The second-order valence-corrected chi connectivity index (χ2v) is 23.4. The van der Waals surface area contributed by atoms with Gasteiger partial charge < -0.3 is 32.0 Å². The first-order chi connectivity index (χ1) is 21.8. The lowest BCUT2D eigenvalue weighted by atomic mass is 9.91. The lowest BCUT2D eigenvalue weighted by molar-refractivity contribution is 0.00216. The topological polar surface area (TPSA) is 127 Å². The van der Waals surface area contributed by atoms with Crippen LogP contribution in [0, 0.1) is 34.5 Å². The van der Waals surface area contributed by atoms with Crippen LogP contribution in [0.3, 0.4) is 0 Å². The maximum Gasteiger partial charge on any atom is 0.259 e. The second-order valence-electron chi connectivity index (χ2n) is 15.0. The van der Waals surface area contributed by atoms with Gasteiger partial charge >= 0.3 is 0 Å². The van der Waals surface area contributed by atoms with E-state index in [2.05, 4.69) is 111 Å². The van der Waals surface area contributed by atoms with Crippen molar-refractivity contribution in [1.82, 2.24) is 9.76 Å². The maximum absolute atomic E-state index is 9.28. The van der Waals surface area contributed by atoms with Crippen LogP contribution in [0.15, 0.2) is 0 Å². The van der Waals surface area contributed by atoms with Crippen molar-refractivity contribution in [3.8, 4) is 12.1 Å². The van der Waals surface area contributed by atoms with Crippen molar-refractivity contribution in [2.24, 2.45) is 11.8 Å². The Morgan fingerprint density at radius 1 is 0.872 bits per heavy atom. The molecule has 0 amide bonds. The Morgan fingerprint density at radius 3 is 1.96 bits per heavy atom. The molecule has 0 aromatic heterocycles. The van der Waals surface area contributed by atoms with Crippen LogP contribution in [0.2, 0.25) is 18.1 Å². The zero-order valence-corrected chi connectivity index (χ0v) is 34.1. The van der Waals surface area contributed by atoms with Gasteiger partial charge in [0.1, 0.15) is 6.10 Å². The zero-order valence-electron chi connectivity index (χ0n) is 31.3. The predicted molar refractivity (Wildman–Crippen MR) is 193 cm³/mol. The molecule has 14 heteroatoms. The highest BCUT2D eigenvalue weighted by molar-refractivity contribution is 7.62. The lowest BCUT2D eigenvalue weighted by Gasteiger charge is -2.41. The fourth-order valence-electron chi connectivity index (χ4n) is 5.63. The van der Waals surface area contributed by atoms with E-state index in [0.717, 1.165) is 0 Å². The molecule has 0 aromatic rings. The van der Waals surface area contributed by atoms with Gasteiger partial charge in [0.15, 0.2) is 15.8 Å². The van der Waals surface area contributed by atoms with Crippen molar-refractivity contribution in [2.75, 3.05) is 26.4 Å². The van der Waals surface area contributed by atoms with Gasteiger partial charge in [-0.2, -0.15) is 10.5 Å². The third-order valence-electron chi connectivity index (χ3n) is 9.71. The molecule has 2 rings (SSSR count). The molecular formula is C33H64N4O7P2Si. The third kappa shape index (κ3) is 12.1. The van der Waals surface area contributed by atoms with E-state index < -0.39 is 30.4 Å². The molecule has 0 saturated carbocycles. The molecule has 0 bridgehead atoms. The SMILES string of the molecule is C=P(N[C@@H]1C(O[Si](C)(C)C(C)(C)C)[C@H](C)O[C@@H]1COP(OCCC#N)N(C(C)C)C(C)C)(OCCC#N)OC[C@H]1O[C@@H](C)[C@@H](C)C1C. The first-order valence-corrected chi connectivity index (χ1v) is 23.0. The Morgan fingerprint density at radius 2 is 1.45 bits per heavy atom. The van der Waals surface area contributed by atoms with Crippen LogP contribution in [-0.4, -0.2) is 94.4 Å². The number of nitrogens with one attached hydrogen (secondary N) is 1. The van der Waals surface area contributed by atoms with E-state index in [1.165, 1.54) is 0 Å². The van der Waals surface area contributed by atoms with E-state index in [0.29, 0.717) is 18.4 Å². The van der Waals surface area contributed by atoms with E-state index >= 15 is 0 Å². The molecule has 0 spiro atoms. The maximum atomic E-state index is 9.28. The van der Waals surface area contributed by atoms with Crippen LogP contribution in [-0.2, 0) is 32.0 Å². The van der Waals surface area contributed by atoms with Gasteiger partial charge in [-0.15, -0.1) is 0 Å². The molecule has 0 aromatic carbocycles. The van der Waals surface area contributed by atoms with Crippen molar-refractivity contribution < 1.29 is 32.0 Å². The number of ether oxygens (including phenoxy) is 2. The van der Waals surface area contributed by atoms with Crippen LogP contribution in [0.4, 0.5) is 0 Å². The van der Waals surface area contributed by atoms with Crippen molar-refractivity contribution in [1.29, 1.82) is 10.5 Å². The first kappa shape index (κ1) is 42.7. The molecule has 10 atom stereocenters. The molecule has 2 fully saturated rings. The lowest BCUT2D eigenvalue weighted by Crippen LogP contribution is -2.53. The van der Waals surface area contributed by atoms with Gasteiger partial charge in [0.25, 0.3) is 8.53 Å². The molecule has 2 aliphatic rings. The van der Waals surface area contributed by atoms with Crippen LogP contribution in [0.25, 0.3) is 0 Å². The Hall–Kier alpha value is -0.433. The molecule has 272 valence electrons. The summed E-state index contributed by atoms with van der Waals surface area (Å²) in [6.45, 7) is 29.1. The van der Waals surface area contributed by atoms with E-state index in [-0.39, 0.29) is 80.2 Å². The summed E-state index contributed by atoms with van der Waals surface area (Å²) in [5.41, 5.74) is 0. The smallest absolute Gasteiger partial charge is 0.259 e. The number of hydrogen-bond acceptors (Lipinski definition) is 11. The minimum absolute atomic E-state index is 0.0242. The summed E-state index contributed by atoms with van der Waals surface area (Å²) >= 11 is 0. The average molecular weight is 719 g/mol. The van der Waals surface area contributed by atoms with Crippen molar-refractivity contribution >= 4 is 30.6 Å². The third-order valence-corrected chi connectivity index (χ3v) is 18.1. The van der Waals surface area contributed by atoms with E-state index in [9.17, 15) is 5.26 Å². The Labute approximate surface area is 288 Å². The van der Waals surface area contributed by atoms with Gasteiger partial charge in [-0.3, -0.25) is 0 Å². The van der Waals surface area contributed by atoms with Crippen LogP contribution >= 0.6 is 16.0 Å². The second kappa shape index (κ2) is 18.7. The zero-order chi connectivity index (χ0) is 35.7. The standard InChI is InChI=1S/C33H64N4O7P2Si/c1-23(2)37(24(3)4)45(38-19-15-17-34)39-21-30-31(32(28(8)43-30)44-47(13,14)33(9,10)11)36-46(12,40-20-16-18-35)41-22-29-26(6)25(5)27(7)42-29/h23-32,36H,12,15-16,19-22H2,1-11,13-14H3/t25-,26?,27-,28-,29+,30+,31-,32?,45?,46?/m0/s1. The monoisotopic (exact) mass is 718 g/mol. The number of hydrogen-bond donors (Lipinski definition) is 1. The predicted octanol–water partition coefficient (Wildman–Crippen LogP) is 7.62. The Bertz CT molecular complexity index is 1090. The molecule has 4 unspecified atom stereocenters. The number of rotatable bonds is 19. The van der Waals surface area contributed by atoms with Crippen molar-refractivity contribution in [3.05, 3.63) is 0 Å². The largest absolute Gasteiger partial charge is 0.410 e. The highest BCUT2D eigenvalue weighted by atomic mass is 31.2. The molecular weight excluding hydrogens is 654 g/mol. The van der Waals surface area contributed by atoms with Gasteiger partial charge in [-0.1, -0.05) is 34.6 Å². The van der Waals surface area contributed by atoms with Crippen LogP contribution in [0.5, 0.6) is 0 Å². The van der Waals surface area contributed by atoms with Gasteiger partial charge in [-0.25, -0.2) is 9.76 Å². The highest BCUT2D eigenvalue weighted by Crippen LogP contribution is 2.50. The summed E-state index contributed by atoms with van der Waals surface area (Å²) in [6, 6.07) is 4.28. The molecule has 0 radical (unpaired) electrons. The number of nitriles is 2. The summed E-state index contributed by atoms with van der Waals surface area (Å²) in [4.78, 5) is 0. The number of nitrogens with zero attached hydrogens (tertiary/aromatic N) is 3. The molecule has 2 heterocycles. The molecule has 2 aliphatic heterocycles. The minimum Gasteiger partial charge on any atom is -0.410 e. The Balaban J connectivity index is 2.43. The van der Waals surface area contributed by atoms with E-state index in [4.69, 9.17) is 37.3 Å². The highest BCUT2D eigenvalue weighted by Gasteiger charge is 2.50. The minimum atomic E-state index is -3.00. The first-order valence-electron chi connectivity index (χ1n) is 17.2. The molecule has 0 aliphatic carbocycles. The van der Waals surface area contributed by atoms with Gasteiger partial charge in [0.2, 0.25) is 0 Å². The van der Waals surface area contributed by atoms with Gasteiger partial charge in [0, 0.05) is 12.1 Å². The van der Waals surface area contributed by atoms with Crippen LogP contribution in [0.1, 0.15) is 89.0 Å². The van der Waals surface area contributed by atoms with E-state index in [1.54, 1.807) is 0 Å². The normalized spacial score (nSPS) is 30.5. The fraction of sp³-hybridized carbons (Fsp3) is 0.909.